The summed E-state index contributed by atoms with van der Waals surface area (Å²) in [4.78, 5) is 14.6. The Morgan fingerprint density at radius 1 is 1.28 bits per heavy atom. The maximum atomic E-state index is 12.5. The van der Waals surface area contributed by atoms with Gasteiger partial charge in [0.2, 0.25) is 5.91 Å². The molecule has 1 aromatic rings. The van der Waals surface area contributed by atoms with Crippen LogP contribution in [0, 0.1) is 5.41 Å². The number of nitrogens with zero attached hydrogens (tertiary/aromatic N) is 1. The summed E-state index contributed by atoms with van der Waals surface area (Å²) in [5.74, 6) is 0.944. The lowest BCUT2D eigenvalue weighted by Gasteiger charge is -2.35. The van der Waals surface area contributed by atoms with Crippen molar-refractivity contribution in [3.05, 3.63) is 18.2 Å². The molecular formula is C18H29Cl2N3O2. The number of hydrogen-bond donors (Lipinski definition) is 2. The van der Waals surface area contributed by atoms with Crippen molar-refractivity contribution in [3.8, 4) is 5.75 Å². The van der Waals surface area contributed by atoms with E-state index in [-0.39, 0.29) is 36.1 Å². The van der Waals surface area contributed by atoms with E-state index >= 15 is 0 Å². The van der Waals surface area contributed by atoms with Gasteiger partial charge in [0, 0.05) is 19.2 Å². The molecule has 25 heavy (non-hydrogen) atoms. The number of carbonyl (C=O) groups excluding carboxylic acids is 1. The Kier molecular flexibility index (Phi) is 8.32. The molecule has 1 saturated carbocycles. The predicted octanol–water partition coefficient (Wildman–Crippen LogP) is 3.60. The molecular weight excluding hydrogens is 361 g/mol. The standard InChI is InChI=1S/C18H27N3O2.2ClH/c1-21-9-10-23-16-6-5-14(11-15(16)21)20-17(22)12-18(13-19)7-3-2-4-8-18;;/h5-6,11H,2-4,7-10,12-13,19H2,1H3,(H,20,22);2*1H. The van der Waals surface area contributed by atoms with Crippen molar-refractivity contribution >= 4 is 42.1 Å². The molecule has 0 saturated heterocycles. The van der Waals surface area contributed by atoms with E-state index in [4.69, 9.17) is 10.5 Å². The molecule has 0 spiro atoms. The fourth-order valence-corrected chi connectivity index (χ4v) is 3.73. The molecule has 3 N–H and O–H groups in total. The minimum absolute atomic E-state index is 0. The molecule has 0 aromatic heterocycles. The number of anilines is 2. The molecule has 5 nitrogen and oxygen atoms in total. The molecule has 1 heterocycles. The van der Waals surface area contributed by atoms with Crippen LogP contribution in [0.2, 0.25) is 0 Å². The fraction of sp³-hybridized carbons (Fsp3) is 0.611. The molecule has 1 amide bonds. The van der Waals surface area contributed by atoms with Crippen LogP contribution in [-0.2, 0) is 4.79 Å². The number of rotatable bonds is 4. The summed E-state index contributed by atoms with van der Waals surface area (Å²) >= 11 is 0. The SMILES string of the molecule is CN1CCOc2ccc(NC(=O)CC3(CN)CCCCC3)cc21.Cl.Cl. The van der Waals surface area contributed by atoms with Crippen LogP contribution in [0.25, 0.3) is 0 Å². The third-order valence-electron chi connectivity index (χ3n) is 5.22. The first-order chi connectivity index (χ1) is 11.1. The second-order valence-electron chi connectivity index (χ2n) is 6.94. The van der Waals surface area contributed by atoms with E-state index in [1.807, 2.05) is 25.2 Å². The smallest absolute Gasteiger partial charge is 0.224 e. The van der Waals surface area contributed by atoms with Crippen LogP contribution >= 0.6 is 24.8 Å². The number of halogens is 2. The monoisotopic (exact) mass is 389 g/mol. The van der Waals surface area contributed by atoms with E-state index in [1.54, 1.807) is 0 Å². The second kappa shape index (κ2) is 9.51. The lowest BCUT2D eigenvalue weighted by molar-refractivity contribution is -0.118. The first-order valence-corrected chi connectivity index (χ1v) is 8.60. The Morgan fingerprint density at radius 3 is 2.68 bits per heavy atom. The maximum absolute atomic E-state index is 12.5. The van der Waals surface area contributed by atoms with Gasteiger partial charge in [-0.1, -0.05) is 19.3 Å². The number of amides is 1. The van der Waals surface area contributed by atoms with Gasteiger partial charge in [-0.3, -0.25) is 4.79 Å². The van der Waals surface area contributed by atoms with E-state index in [9.17, 15) is 4.79 Å². The predicted molar refractivity (Wildman–Crippen MR) is 108 cm³/mol. The third kappa shape index (κ3) is 5.16. The maximum Gasteiger partial charge on any atom is 0.224 e. The summed E-state index contributed by atoms with van der Waals surface area (Å²) in [5, 5.41) is 3.04. The number of ether oxygens (including phenoxy) is 1. The lowest BCUT2D eigenvalue weighted by atomic mass is 9.71. The molecule has 1 aliphatic heterocycles. The van der Waals surface area contributed by atoms with Gasteiger partial charge in [0.15, 0.2) is 0 Å². The topological polar surface area (TPSA) is 67.6 Å². The van der Waals surface area contributed by atoms with E-state index in [1.165, 1.54) is 19.3 Å². The summed E-state index contributed by atoms with van der Waals surface area (Å²) in [5.41, 5.74) is 7.84. The largest absolute Gasteiger partial charge is 0.490 e. The van der Waals surface area contributed by atoms with Crippen molar-refractivity contribution in [2.75, 3.05) is 37.0 Å². The average Bonchev–Trinajstić information content (AvgIpc) is 2.56. The summed E-state index contributed by atoms with van der Waals surface area (Å²) in [6.45, 7) is 2.16. The van der Waals surface area contributed by atoms with Gasteiger partial charge < -0.3 is 20.7 Å². The zero-order valence-corrected chi connectivity index (χ0v) is 16.4. The van der Waals surface area contributed by atoms with Gasteiger partial charge in [-0.15, -0.1) is 24.8 Å². The van der Waals surface area contributed by atoms with E-state index in [0.29, 0.717) is 19.6 Å². The van der Waals surface area contributed by atoms with Crippen molar-refractivity contribution < 1.29 is 9.53 Å². The highest BCUT2D eigenvalue weighted by Gasteiger charge is 2.33. The van der Waals surface area contributed by atoms with Crippen molar-refractivity contribution in [3.63, 3.8) is 0 Å². The Bertz CT molecular complexity index is 577. The van der Waals surface area contributed by atoms with Gasteiger partial charge in [-0.05, 0) is 43.0 Å². The highest BCUT2D eigenvalue weighted by atomic mass is 35.5. The lowest BCUT2D eigenvalue weighted by Crippen LogP contribution is -2.36. The van der Waals surface area contributed by atoms with Gasteiger partial charge in [0.1, 0.15) is 12.4 Å². The van der Waals surface area contributed by atoms with Crippen LogP contribution in [0.3, 0.4) is 0 Å². The second-order valence-corrected chi connectivity index (χ2v) is 6.94. The number of nitrogens with one attached hydrogen (secondary N) is 1. The summed E-state index contributed by atoms with van der Waals surface area (Å²) in [7, 11) is 2.04. The Morgan fingerprint density at radius 2 is 2.00 bits per heavy atom. The minimum atomic E-state index is -0.00353. The molecule has 1 aromatic carbocycles. The minimum Gasteiger partial charge on any atom is -0.490 e. The first-order valence-electron chi connectivity index (χ1n) is 8.60. The molecule has 1 fully saturated rings. The molecule has 0 radical (unpaired) electrons. The quantitative estimate of drug-likeness (QED) is 0.825. The normalized spacial score (nSPS) is 18.1. The highest BCUT2D eigenvalue weighted by molar-refractivity contribution is 5.92. The van der Waals surface area contributed by atoms with Crippen LogP contribution in [-0.4, -0.2) is 32.7 Å². The molecule has 0 bridgehead atoms. The highest BCUT2D eigenvalue weighted by Crippen LogP contribution is 2.39. The number of hydrogen-bond acceptors (Lipinski definition) is 4. The van der Waals surface area contributed by atoms with Crippen LogP contribution in [0.4, 0.5) is 11.4 Å². The van der Waals surface area contributed by atoms with Gasteiger partial charge in [-0.25, -0.2) is 0 Å². The van der Waals surface area contributed by atoms with Crippen molar-refractivity contribution in [1.82, 2.24) is 0 Å². The van der Waals surface area contributed by atoms with Crippen molar-refractivity contribution in [2.45, 2.75) is 38.5 Å². The van der Waals surface area contributed by atoms with Gasteiger partial charge in [0.25, 0.3) is 0 Å². The van der Waals surface area contributed by atoms with Crippen LogP contribution < -0.4 is 20.7 Å². The number of benzene rings is 1. The first kappa shape index (κ1) is 21.9. The molecule has 1 aliphatic carbocycles. The third-order valence-corrected chi connectivity index (χ3v) is 5.22. The van der Waals surface area contributed by atoms with Crippen LogP contribution in [0.1, 0.15) is 38.5 Å². The summed E-state index contributed by atoms with van der Waals surface area (Å²) < 4.78 is 5.64. The van der Waals surface area contributed by atoms with Gasteiger partial charge >= 0.3 is 0 Å². The van der Waals surface area contributed by atoms with E-state index in [2.05, 4.69) is 10.2 Å². The molecule has 7 heteroatoms. The number of nitrogens with two attached hydrogens (primary N) is 1. The molecule has 3 rings (SSSR count). The average molecular weight is 390 g/mol. The Balaban J connectivity index is 0.00000156. The van der Waals surface area contributed by atoms with Crippen molar-refractivity contribution in [2.24, 2.45) is 11.1 Å². The van der Waals surface area contributed by atoms with Crippen LogP contribution in [0.5, 0.6) is 5.75 Å². The molecule has 142 valence electrons. The Labute approximate surface area is 162 Å². The molecule has 2 aliphatic rings. The van der Waals surface area contributed by atoms with E-state index in [0.717, 1.165) is 36.5 Å². The number of likely N-dealkylation sites (N-methyl/N-ethyl adjacent to an activating group) is 1. The summed E-state index contributed by atoms with van der Waals surface area (Å²) in [6, 6.07) is 5.83. The van der Waals surface area contributed by atoms with Gasteiger partial charge in [-0.2, -0.15) is 0 Å². The van der Waals surface area contributed by atoms with Crippen LogP contribution in [0.15, 0.2) is 18.2 Å². The summed E-state index contributed by atoms with van der Waals surface area (Å²) in [6.07, 6.45) is 6.29. The molecule has 0 unspecified atom stereocenters. The fourth-order valence-electron chi connectivity index (χ4n) is 3.73. The number of carbonyl (C=O) groups is 1. The van der Waals surface area contributed by atoms with Crippen molar-refractivity contribution in [1.29, 1.82) is 0 Å². The van der Waals surface area contributed by atoms with E-state index < -0.39 is 0 Å². The number of fused-ring (bicyclic) bond motifs is 1. The Hall–Kier alpha value is -1.17. The zero-order valence-electron chi connectivity index (χ0n) is 14.8. The molecule has 0 atom stereocenters. The zero-order chi connectivity index (χ0) is 16.3. The van der Waals surface area contributed by atoms with Gasteiger partial charge in [0.05, 0.1) is 12.2 Å².